The van der Waals surface area contributed by atoms with Crippen molar-refractivity contribution >= 4 is 27.5 Å². The Labute approximate surface area is 81.8 Å². The van der Waals surface area contributed by atoms with Crippen molar-refractivity contribution in [3.63, 3.8) is 0 Å². The summed E-state index contributed by atoms with van der Waals surface area (Å²) in [6, 6.07) is 4.06. The Morgan fingerprint density at radius 2 is 2.15 bits per heavy atom. The van der Waals surface area contributed by atoms with Gasteiger partial charge in [0.15, 0.2) is 0 Å². The lowest BCUT2D eigenvalue weighted by atomic mass is 10.2. The number of amides is 1. The minimum absolute atomic E-state index is 0.00563. The molecule has 0 radical (unpaired) electrons. The van der Waals surface area contributed by atoms with Crippen LogP contribution in [0, 0.1) is 10.1 Å². The Bertz CT molecular complexity index is 378. The van der Waals surface area contributed by atoms with E-state index in [-0.39, 0.29) is 5.56 Å². The van der Waals surface area contributed by atoms with E-state index >= 15 is 0 Å². The number of hydrogen-bond acceptors (Lipinski definition) is 4. The average molecular weight is 245 g/mol. The number of rotatable bonds is 1. The number of carbonyl (C=O) groups excluding carboxylic acids is 1. The van der Waals surface area contributed by atoms with E-state index in [1.807, 2.05) is 0 Å². The number of halogens is 1. The molecule has 0 bridgehead atoms. The molecule has 0 atom stereocenters. The van der Waals surface area contributed by atoms with Crippen LogP contribution in [0.1, 0.15) is 10.4 Å². The molecule has 0 aliphatic heterocycles. The van der Waals surface area contributed by atoms with Crippen LogP contribution < -0.4 is 5.73 Å². The molecule has 0 unspecified atom stereocenters. The smallest absolute Gasteiger partial charge is 0.398 e. The van der Waals surface area contributed by atoms with Gasteiger partial charge in [-0.05, 0) is 34.1 Å². The second-order valence-electron chi connectivity index (χ2n) is 2.30. The van der Waals surface area contributed by atoms with E-state index < -0.39 is 10.8 Å². The molecule has 2 N–H and O–H groups in total. The van der Waals surface area contributed by atoms with Crippen molar-refractivity contribution in [3.05, 3.63) is 38.3 Å². The number of nitrogen functional groups attached to an aromatic ring is 1. The lowest BCUT2D eigenvalue weighted by molar-refractivity contribution is -0.375. The van der Waals surface area contributed by atoms with Gasteiger partial charge in [0.25, 0.3) is 0 Å². The third kappa shape index (κ3) is 2.03. The molecule has 0 heterocycles. The van der Waals surface area contributed by atoms with E-state index in [2.05, 4.69) is 15.9 Å². The van der Waals surface area contributed by atoms with Gasteiger partial charge in [-0.15, -0.1) is 0 Å². The van der Waals surface area contributed by atoms with E-state index in [0.29, 0.717) is 10.2 Å². The van der Waals surface area contributed by atoms with Gasteiger partial charge in [0.1, 0.15) is 4.92 Å². The number of carbonyl (C=O) groups is 1. The van der Waals surface area contributed by atoms with Gasteiger partial charge in [0.05, 0.1) is 5.56 Å². The highest BCUT2D eigenvalue weighted by Crippen LogP contribution is 2.20. The molecule has 13 heavy (non-hydrogen) atoms. The molecule has 68 valence electrons. The zero-order chi connectivity index (χ0) is 10.0. The van der Waals surface area contributed by atoms with Crippen molar-refractivity contribution in [3.8, 4) is 0 Å². The predicted octanol–water partition coefficient (Wildman–Crippen LogP) is 1.45. The molecular weight excluding hydrogens is 240 g/mol. The van der Waals surface area contributed by atoms with Gasteiger partial charge in [-0.25, -0.2) is 4.79 Å². The van der Waals surface area contributed by atoms with Crippen LogP contribution in [-0.4, -0.2) is 10.8 Å². The first kappa shape index (κ1) is 9.66. The van der Waals surface area contributed by atoms with Gasteiger partial charge in [-0.2, -0.15) is 0 Å². The monoisotopic (exact) mass is 244 g/mol. The van der Waals surface area contributed by atoms with Crippen LogP contribution in [0.2, 0.25) is 0 Å². The van der Waals surface area contributed by atoms with E-state index in [1.54, 1.807) is 0 Å². The van der Waals surface area contributed by atoms with E-state index in [1.165, 1.54) is 18.2 Å². The van der Waals surface area contributed by atoms with Crippen LogP contribution in [-0.2, 0) is 0 Å². The first-order chi connectivity index (χ1) is 6.02. The summed E-state index contributed by atoms with van der Waals surface area (Å²) < 4.78 is 0.472. The highest BCUT2D eigenvalue weighted by molar-refractivity contribution is 9.10. The highest BCUT2D eigenvalue weighted by atomic mass is 79.9. The Balaban J connectivity index is 3.11. The first-order valence-corrected chi connectivity index (χ1v) is 4.05. The van der Waals surface area contributed by atoms with E-state index in [9.17, 15) is 14.9 Å². The zero-order valence-electron chi connectivity index (χ0n) is 6.36. The third-order valence-corrected chi connectivity index (χ3v) is 2.10. The molecule has 0 saturated heterocycles. The number of benzene rings is 1. The van der Waals surface area contributed by atoms with Crippen molar-refractivity contribution in [2.24, 2.45) is 0 Å². The number of anilines is 1. The standard InChI is InChI=1S/C7H5BrN2O3/c8-5-3-4(1-2-6(5)9)7(11)10(12)13/h1-3H,9H2. The topological polar surface area (TPSA) is 86.2 Å². The maximum atomic E-state index is 10.8. The molecule has 0 aliphatic carbocycles. The van der Waals surface area contributed by atoms with Crippen LogP contribution in [0.5, 0.6) is 0 Å². The van der Waals surface area contributed by atoms with Gasteiger partial charge < -0.3 is 5.73 Å². The summed E-state index contributed by atoms with van der Waals surface area (Å²) in [4.78, 5) is 20.0. The van der Waals surface area contributed by atoms with Crippen molar-refractivity contribution < 1.29 is 9.72 Å². The fraction of sp³-hybridized carbons (Fsp3) is 0. The summed E-state index contributed by atoms with van der Waals surface area (Å²) in [5.41, 5.74) is 5.87. The molecule has 1 rings (SSSR count). The molecule has 1 amide bonds. The van der Waals surface area contributed by atoms with Crippen LogP contribution in [0.3, 0.4) is 0 Å². The Morgan fingerprint density at radius 1 is 1.54 bits per heavy atom. The van der Waals surface area contributed by atoms with Gasteiger partial charge >= 0.3 is 5.91 Å². The molecule has 1 aromatic carbocycles. The van der Waals surface area contributed by atoms with Crippen molar-refractivity contribution in [2.45, 2.75) is 0 Å². The molecule has 6 heteroatoms. The summed E-state index contributed by atoms with van der Waals surface area (Å²) in [5.74, 6) is -1.14. The van der Waals surface area contributed by atoms with Crippen molar-refractivity contribution in [1.82, 2.24) is 0 Å². The highest BCUT2D eigenvalue weighted by Gasteiger charge is 2.18. The van der Waals surface area contributed by atoms with Gasteiger partial charge in [0.2, 0.25) is 0 Å². The summed E-state index contributed by atoms with van der Waals surface area (Å²) in [5, 5.41) is 10.1. The molecule has 0 saturated carbocycles. The average Bonchev–Trinajstić information content (AvgIpc) is 2.08. The van der Waals surface area contributed by atoms with E-state index in [0.717, 1.165) is 0 Å². The van der Waals surface area contributed by atoms with Crippen molar-refractivity contribution in [2.75, 3.05) is 5.73 Å². The van der Waals surface area contributed by atoms with Crippen LogP contribution >= 0.6 is 15.9 Å². The van der Waals surface area contributed by atoms with Gasteiger partial charge in [-0.3, -0.25) is 10.1 Å². The third-order valence-electron chi connectivity index (χ3n) is 1.41. The van der Waals surface area contributed by atoms with Crippen LogP contribution in [0.25, 0.3) is 0 Å². The van der Waals surface area contributed by atoms with Crippen molar-refractivity contribution in [1.29, 1.82) is 0 Å². The Morgan fingerprint density at radius 3 is 2.62 bits per heavy atom. The molecule has 1 aromatic rings. The molecule has 0 aromatic heterocycles. The predicted molar refractivity (Wildman–Crippen MR) is 49.9 cm³/mol. The lowest BCUT2D eigenvalue weighted by Crippen LogP contribution is -2.11. The maximum Gasteiger partial charge on any atom is 0.476 e. The zero-order valence-corrected chi connectivity index (χ0v) is 7.95. The Kier molecular flexibility index (Phi) is 2.62. The molecule has 0 spiro atoms. The number of nitro groups is 1. The minimum Gasteiger partial charge on any atom is -0.398 e. The molecule has 0 fully saturated rings. The largest absolute Gasteiger partial charge is 0.476 e. The number of nitrogens with two attached hydrogens (primary N) is 1. The minimum atomic E-state index is -1.14. The fourth-order valence-electron chi connectivity index (χ4n) is 0.766. The second-order valence-corrected chi connectivity index (χ2v) is 3.15. The normalized spacial score (nSPS) is 9.62. The molecular formula is C7H5BrN2O3. The quantitative estimate of drug-likeness (QED) is 0.460. The summed E-state index contributed by atoms with van der Waals surface area (Å²) in [6.45, 7) is 0. The van der Waals surface area contributed by atoms with E-state index in [4.69, 9.17) is 5.73 Å². The van der Waals surface area contributed by atoms with Gasteiger partial charge in [-0.1, -0.05) is 0 Å². The maximum absolute atomic E-state index is 10.8. The fourth-order valence-corrected chi connectivity index (χ4v) is 1.14. The molecule has 5 nitrogen and oxygen atoms in total. The Hall–Kier alpha value is -1.43. The second kappa shape index (κ2) is 3.53. The van der Waals surface area contributed by atoms with Crippen LogP contribution in [0.15, 0.2) is 22.7 Å². The summed E-state index contributed by atoms with van der Waals surface area (Å²) in [6.07, 6.45) is 0. The number of nitrogens with zero attached hydrogens (tertiary/aromatic N) is 1. The van der Waals surface area contributed by atoms with Crippen LogP contribution in [0.4, 0.5) is 5.69 Å². The summed E-state index contributed by atoms with van der Waals surface area (Å²) in [7, 11) is 0. The summed E-state index contributed by atoms with van der Waals surface area (Å²) >= 11 is 3.06. The SMILES string of the molecule is Nc1ccc(C(=O)[N+](=O)[O-])cc1Br. The van der Waals surface area contributed by atoms with Gasteiger partial charge in [0, 0.05) is 10.2 Å². The first-order valence-electron chi connectivity index (χ1n) is 3.26. The number of hydrogen-bond donors (Lipinski definition) is 1. The lowest BCUT2D eigenvalue weighted by Gasteiger charge is -1.97. The molecule has 0 aliphatic rings.